The second-order valence-electron chi connectivity index (χ2n) is 7.13. The van der Waals surface area contributed by atoms with Crippen LogP contribution in [0.15, 0.2) is 48.5 Å². The Morgan fingerprint density at radius 2 is 1.64 bits per heavy atom. The van der Waals surface area contributed by atoms with Crippen molar-refractivity contribution in [2.75, 3.05) is 6.54 Å². The topological polar surface area (TPSA) is 49.4 Å². The summed E-state index contributed by atoms with van der Waals surface area (Å²) in [5, 5.41) is 3.58. The van der Waals surface area contributed by atoms with Crippen molar-refractivity contribution >= 4 is 23.4 Å². The van der Waals surface area contributed by atoms with Crippen molar-refractivity contribution < 1.29 is 9.59 Å². The van der Waals surface area contributed by atoms with Crippen molar-refractivity contribution in [3.05, 3.63) is 70.2 Å². The lowest BCUT2D eigenvalue weighted by Gasteiger charge is -2.29. The first-order valence-corrected chi connectivity index (χ1v) is 10.2. The Bertz CT molecular complexity index is 772. The summed E-state index contributed by atoms with van der Waals surface area (Å²) < 4.78 is 0. The zero-order valence-electron chi connectivity index (χ0n) is 16.9. The molecule has 0 aromatic heterocycles. The number of carbonyl (C=O) groups excluding carboxylic acids is 2. The molecule has 0 saturated heterocycles. The molecule has 2 aromatic rings. The van der Waals surface area contributed by atoms with Crippen molar-refractivity contribution in [2.24, 2.45) is 0 Å². The van der Waals surface area contributed by atoms with Crippen LogP contribution < -0.4 is 5.32 Å². The lowest BCUT2D eigenvalue weighted by molar-refractivity contribution is -0.140. The molecule has 0 spiro atoms. The Morgan fingerprint density at radius 1 is 1.04 bits per heavy atom. The van der Waals surface area contributed by atoms with E-state index in [-0.39, 0.29) is 18.2 Å². The molecule has 1 unspecified atom stereocenters. The van der Waals surface area contributed by atoms with Crippen LogP contribution in [0.4, 0.5) is 0 Å². The van der Waals surface area contributed by atoms with Crippen molar-refractivity contribution in [1.29, 1.82) is 0 Å². The van der Waals surface area contributed by atoms with E-state index >= 15 is 0 Å². The van der Waals surface area contributed by atoms with Gasteiger partial charge in [-0.1, -0.05) is 66.9 Å². The van der Waals surface area contributed by atoms with Gasteiger partial charge in [-0.2, -0.15) is 0 Å². The Kier molecular flexibility index (Phi) is 8.52. The first-order chi connectivity index (χ1) is 13.4. The highest BCUT2D eigenvalue weighted by atomic mass is 35.5. The zero-order chi connectivity index (χ0) is 20.5. The molecule has 2 rings (SSSR count). The average molecular weight is 401 g/mol. The highest BCUT2D eigenvalue weighted by molar-refractivity contribution is 6.30. The lowest BCUT2D eigenvalue weighted by atomic mass is 10.1. The number of benzene rings is 2. The van der Waals surface area contributed by atoms with E-state index in [1.54, 1.807) is 24.0 Å². The van der Waals surface area contributed by atoms with Gasteiger partial charge in [0.05, 0.1) is 6.42 Å². The van der Waals surface area contributed by atoms with Gasteiger partial charge in [0.2, 0.25) is 11.8 Å². The predicted octanol–water partition coefficient (Wildman–Crippen LogP) is 4.52. The Morgan fingerprint density at radius 3 is 2.25 bits per heavy atom. The molecule has 28 heavy (non-hydrogen) atoms. The van der Waals surface area contributed by atoms with Crippen LogP contribution in [0.5, 0.6) is 0 Å². The average Bonchev–Trinajstić information content (AvgIpc) is 2.68. The maximum Gasteiger partial charge on any atom is 0.242 e. The third-order valence-corrected chi connectivity index (χ3v) is 4.99. The molecule has 0 heterocycles. The predicted molar refractivity (Wildman–Crippen MR) is 114 cm³/mol. The fraction of sp³-hybridized carbons (Fsp3) is 0.391. The molecule has 5 heteroatoms. The van der Waals surface area contributed by atoms with Crippen molar-refractivity contribution in [3.63, 3.8) is 0 Å². The largest absolute Gasteiger partial charge is 0.354 e. The van der Waals surface area contributed by atoms with E-state index in [0.29, 0.717) is 18.1 Å². The molecule has 0 radical (unpaired) electrons. The number of amides is 2. The minimum Gasteiger partial charge on any atom is -0.354 e. The van der Waals surface area contributed by atoms with Crippen molar-refractivity contribution in [1.82, 2.24) is 10.2 Å². The van der Waals surface area contributed by atoms with E-state index in [4.69, 9.17) is 11.6 Å². The summed E-state index contributed by atoms with van der Waals surface area (Å²) in [5.74, 6) is -0.198. The number of halogens is 1. The monoisotopic (exact) mass is 400 g/mol. The molecule has 150 valence electrons. The second kappa shape index (κ2) is 10.9. The number of hydrogen-bond donors (Lipinski definition) is 1. The minimum absolute atomic E-state index is 0.0723. The van der Waals surface area contributed by atoms with Gasteiger partial charge >= 0.3 is 0 Å². The van der Waals surface area contributed by atoms with E-state index < -0.39 is 6.04 Å². The standard InChI is InChI=1S/C23H29ClN2O2/c1-4-5-14-25-23(28)18(3)26(16-20-10-12-21(24)13-11-20)22(27)15-19-8-6-17(2)7-9-19/h6-13,18H,4-5,14-16H2,1-3H3,(H,25,28). The molecular weight excluding hydrogens is 372 g/mol. The molecule has 0 aliphatic heterocycles. The number of nitrogens with zero attached hydrogens (tertiary/aromatic N) is 1. The molecule has 0 aliphatic carbocycles. The van der Waals surface area contributed by atoms with Gasteiger partial charge in [-0.15, -0.1) is 0 Å². The SMILES string of the molecule is CCCCNC(=O)C(C)N(Cc1ccc(Cl)cc1)C(=O)Cc1ccc(C)cc1. The van der Waals surface area contributed by atoms with Crippen LogP contribution in [0, 0.1) is 6.92 Å². The minimum atomic E-state index is -0.550. The number of carbonyl (C=O) groups is 2. The van der Waals surface area contributed by atoms with Crippen LogP contribution >= 0.6 is 11.6 Å². The first kappa shape index (κ1) is 22.0. The lowest BCUT2D eigenvalue weighted by Crippen LogP contribution is -2.48. The van der Waals surface area contributed by atoms with Gasteiger partial charge < -0.3 is 10.2 Å². The van der Waals surface area contributed by atoms with E-state index in [9.17, 15) is 9.59 Å². The molecule has 4 nitrogen and oxygen atoms in total. The highest BCUT2D eigenvalue weighted by Crippen LogP contribution is 2.15. The van der Waals surface area contributed by atoms with Crippen LogP contribution in [0.1, 0.15) is 43.4 Å². The summed E-state index contributed by atoms with van der Waals surface area (Å²) in [4.78, 5) is 27.3. The number of rotatable bonds is 9. The van der Waals surface area contributed by atoms with Gasteiger partial charge in [-0.05, 0) is 43.5 Å². The van der Waals surface area contributed by atoms with E-state index in [1.165, 1.54) is 0 Å². The van der Waals surface area contributed by atoms with Gasteiger partial charge in [-0.3, -0.25) is 9.59 Å². The molecule has 1 N–H and O–H groups in total. The summed E-state index contributed by atoms with van der Waals surface area (Å²) in [6, 6.07) is 14.7. The van der Waals surface area contributed by atoms with Crippen LogP contribution in [0.3, 0.4) is 0 Å². The molecule has 0 bridgehead atoms. The Hall–Kier alpha value is -2.33. The fourth-order valence-electron chi connectivity index (χ4n) is 2.89. The summed E-state index contributed by atoms with van der Waals surface area (Å²) in [5.41, 5.74) is 3.03. The fourth-order valence-corrected chi connectivity index (χ4v) is 3.01. The van der Waals surface area contributed by atoms with Crippen molar-refractivity contribution in [2.45, 2.75) is 52.6 Å². The summed E-state index contributed by atoms with van der Waals surface area (Å²) in [6.45, 7) is 6.86. The van der Waals surface area contributed by atoms with Crippen LogP contribution in [-0.2, 0) is 22.6 Å². The van der Waals surface area contributed by atoms with E-state index in [2.05, 4.69) is 12.2 Å². The maximum atomic E-state index is 13.1. The van der Waals surface area contributed by atoms with E-state index in [1.807, 2.05) is 43.3 Å². The number of nitrogens with one attached hydrogen (secondary N) is 1. The molecule has 0 aliphatic rings. The van der Waals surface area contributed by atoms with Gasteiger partial charge in [0.25, 0.3) is 0 Å². The molecule has 2 aromatic carbocycles. The van der Waals surface area contributed by atoms with Crippen LogP contribution in [0.25, 0.3) is 0 Å². The summed E-state index contributed by atoms with van der Waals surface area (Å²) >= 11 is 5.97. The summed E-state index contributed by atoms with van der Waals surface area (Å²) in [6.07, 6.45) is 2.20. The van der Waals surface area contributed by atoms with Gasteiger partial charge in [0, 0.05) is 18.1 Å². The molecule has 2 amide bonds. The third-order valence-electron chi connectivity index (χ3n) is 4.74. The van der Waals surface area contributed by atoms with Gasteiger partial charge in [0.1, 0.15) is 6.04 Å². The Labute approximate surface area is 172 Å². The van der Waals surface area contributed by atoms with Gasteiger partial charge in [0.15, 0.2) is 0 Å². The second-order valence-corrected chi connectivity index (χ2v) is 7.57. The van der Waals surface area contributed by atoms with Crippen LogP contribution in [0.2, 0.25) is 5.02 Å². The molecule has 0 saturated carbocycles. The normalized spacial score (nSPS) is 11.7. The number of unbranched alkanes of at least 4 members (excludes halogenated alkanes) is 1. The van der Waals surface area contributed by atoms with Gasteiger partial charge in [-0.25, -0.2) is 0 Å². The third kappa shape index (κ3) is 6.68. The van der Waals surface area contributed by atoms with Crippen LogP contribution in [-0.4, -0.2) is 29.3 Å². The zero-order valence-corrected chi connectivity index (χ0v) is 17.6. The van der Waals surface area contributed by atoms with Crippen molar-refractivity contribution in [3.8, 4) is 0 Å². The maximum absolute atomic E-state index is 13.1. The summed E-state index contributed by atoms with van der Waals surface area (Å²) in [7, 11) is 0. The Balaban J connectivity index is 2.15. The highest BCUT2D eigenvalue weighted by Gasteiger charge is 2.26. The number of hydrogen-bond acceptors (Lipinski definition) is 2. The molecule has 0 fully saturated rings. The molecule has 1 atom stereocenters. The smallest absolute Gasteiger partial charge is 0.242 e. The van der Waals surface area contributed by atoms with E-state index in [0.717, 1.165) is 29.5 Å². The quantitative estimate of drug-likeness (QED) is 0.629. The number of aryl methyl sites for hydroxylation is 1. The molecular formula is C23H29ClN2O2. The first-order valence-electron chi connectivity index (χ1n) is 9.78.